The predicted octanol–water partition coefficient (Wildman–Crippen LogP) is 2.83. The first-order valence-corrected chi connectivity index (χ1v) is 6.91. The zero-order valence-electron chi connectivity index (χ0n) is 11.8. The highest BCUT2D eigenvalue weighted by molar-refractivity contribution is 6.05. The summed E-state index contributed by atoms with van der Waals surface area (Å²) in [5, 5.41) is 2.77. The van der Waals surface area contributed by atoms with Crippen molar-refractivity contribution >= 4 is 23.2 Å². The van der Waals surface area contributed by atoms with E-state index in [1.807, 2.05) is 18.2 Å². The molecule has 0 saturated heterocycles. The molecule has 3 rings (SSSR count). The molecule has 1 aliphatic heterocycles. The summed E-state index contributed by atoms with van der Waals surface area (Å²) in [6, 6.07) is 8.99. The van der Waals surface area contributed by atoms with E-state index in [-0.39, 0.29) is 11.8 Å². The van der Waals surface area contributed by atoms with Crippen LogP contribution in [0.25, 0.3) is 0 Å². The van der Waals surface area contributed by atoms with Gasteiger partial charge in [0, 0.05) is 24.8 Å². The Kier molecular flexibility index (Phi) is 3.48. The van der Waals surface area contributed by atoms with Crippen LogP contribution in [0, 0.1) is 0 Å². The molecule has 108 valence electrons. The van der Waals surface area contributed by atoms with Crippen LogP contribution in [-0.2, 0) is 11.2 Å². The van der Waals surface area contributed by atoms with E-state index in [2.05, 4.69) is 5.32 Å². The highest BCUT2D eigenvalue weighted by Gasteiger charge is 2.25. The molecule has 1 aliphatic rings. The Hall–Kier alpha value is -2.56. The molecule has 0 atom stereocenters. The molecule has 2 heterocycles. The van der Waals surface area contributed by atoms with Crippen molar-refractivity contribution in [3.63, 3.8) is 0 Å². The first kappa shape index (κ1) is 13.4. The minimum atomic E-state index is -0.131. The number of furan rings is 1. The second-order valence-electron chi connectivity index (χ2n) is 5.06. The molecule has 0 radical (unpaired) electrons. The second kappa shape index (κ2) is 5.44. The number of carbonyl (C=O) groups is 2. The fraction of sp³-hybridized carbons (Fsp3) is 0.250. The molecule has 21 heavy (non-hydrogen) atoms. The standard InChI is InChI=1S/C16H16N2O3/c1-11(19)17-13-6-7-14-12(10-13)4-2-8-18(14)16(20)15-5-3-9-21-15/h3,5-7,9-10H,2,4,8H2,1H3,(H,17,19). The summed E-state index contributed by atoms with van der Waals surface area (Å²) in [5.41, 5.74) is 2.71. The van der Waals surface area contributed by atoms with Gasteiger partial charge in [0.1, 0.15) is 0 Å². The van der Waals surface area contributed by atoms with Crippen molar-refractivity contribution in [3.8, 4) is 0 Å². The van der Waals surface area contributed by atoms with Crippen molar-refractivity contribution in [2.45, 2.75) is 19.8 Å². The van der Waals surface area contributed by atoms with E-state index >= 15 is 0 Å². The van der Waals surface area contributed by atoms with Gasteiger partial charge in [0.25, 0.3) is 5.91 Å². The normalized spacial score (nSPS) is 13.7. The lowest BCUT2D eigenvalue weighted by molar-refractivity contribution is -0.114. The number of fused-ring (bicyclic) bond motifs is 1. The molecule has 0 fully saturated rings. The summed E-state index contributed by atoms with van der Waals surface area (Å²) in [4.78, 5) is 25.3. The zero-order valence-corrected chi connectivity index (χ0v) is 11.8. The molecule has 0 unspecified atom stereocenters. The maximum absolute atomic E-state index is 12.4. The van der Waals surface area contributed by atoms with Crippen LogP contribution in [0.1, 0.15) is 29.5 Å². The number of hydrogen-bond donors (Lipinski definition) is 1. The average Bonchev–Trinajstić information content (AvgIpc) is 2.99. The number of benzene rings is 1. The second-order valence-corrected chi connectivity index (χ2v) is 5.06. The Morgan fingerprint density at radius 1 is 1.29 bits per heavy atom. The van der Waals surface area contributed by atoms with E-state index in [1.165, 1.54) is 13.2 Å². The predicted molar refractivity (Wildman–Crippen MR) is 79.5 cm³/mol. The van der Waals surface area contributed by atoms with Gasteiger partial charge in [-0.1, -0.05) is 0 Å². The molecule has 5 nitrogen and oxygen atoms in total. The van der Waals surface area contributed by atoms with Crippen LogP contribution in [0.2, 0.25) is 0 Å². The summed E-state index contributed by atoms with van der Waals surface area (Å²) >= 11 is 0. The lowest BCUT2D eigenvalue weighted by atomic mass is 10.0. The van der Waals surface area contributed by atoms with Gasteiger partial charge in [-0.05, 0) is 48.7 Å². The molecular weight excluding hydrogens is 268 g/mol. The molecule has 1 N–H and O–H groups in total. The van der Waals surface area contributed by atoms with E-state index in [0.717, 1.165) is 29.8 Å². The summed E-state index contributed by atoms with van der Waals surface area (Å²) in [6.45, 7) is 2.15. The first-order valence-electron chi connectivity index (χ1n) is 6.91. The number of rotatable bonds is 2. The summed E-state index contributed by atoms with van der Waals surface area (Å²) < 4.78 is 5.19. The average molecular weight is 284 g/mol. The van der Waals surface area contributed by atoms with Crippen LogP contribution in [0.4, 0.5) is 11.4 Å². The molecule has 0 aliphatic carbocycles. The highest BCUT2D eigenvalue weighted by atomic mass is 16.3. The van der Waals surface area contributed by atoms with E-state index in [1.54, 1.807) is 17.0 Å². The van der Waals surface area contributed by atoms with Crippen LogP contribution in [-0.4, -0.2) is 18.4 Å². The van der Waals surface area contributed by atoms with Crippen molar-refractivity contribution < 1.29 is 14.0 Å². The van der Waals surface area contributed by atoms with Gasteiger partial charge in [0.15, 0.2) is 5.76 Å². The molecule has 0 bridgehead atoms. The number of hydrogen-bond acceptors (Lipinski definition) is 3. The lowest BCUT2D eigenvalue weighted by Gasteiger charge is -2.29. The van der Waals surface area contributed by atoms with Crippen LogP contribution >= 0.6 is 0 Å². The Labute approximate surface area is 122 Å². The molecule has 1 aromatic heterocycles. The smallest absolute Gasteiger partial charge is 0.293 e. The molecular formula is C16H16N2O3. The molecule has 2 amide bonds. The van der Waals surface area contributed by atoms with Crippen LogP contribution in [0.3, 0.4) is 0 Å². The third kappa shape index (κ3) is 2.67. The summed E-state index contributed by atoms with van der Waals surface area (Å²) in [6.07, 6.45) is 3.28. The quantitative estimate of drug-likeness (QED) is 0.922. The Morgan fingerprint density at radius 3 is 2.86 bits per heavy atom. The maximum atomic E-state index is 12.4. The number of aryl methyl sites for hydroxylation is 1. The van der Waals surface area contributed by atoms with Crippen molar-refractivity contribution in [2.24, 2.45) is 0 Å². The van der Waals surface area contributed by atoms with E-state index in [9.17, 15) is 9.59 Å². The van der Waals surface area contributed by atoms with Crippen LogP contribution in [0.5, 0.6) is 0 Å². The van der Waals surface area contributed by atoms with Gasteiger partial charge in [-0.25, -0.2) is 0 Å². The van der Waals surface area contributed by atoms with Crippen LogP contribution < -0.4 is 10.2 Å². The monoisotopic (exact) mass is 284 g/mol. The number of anilines is 2. The number of nitrogens with one attached hydrogen (secondary N) is 1. The zero-order chi connectivity index (χ0) is 14.8. The van der Waals surface area contributed by atoms with Crippen LogP contribution in [0.15, 0.2) is 41.0 Å². The topological polar surface area (TPSA) is 62.6 Å². The van der Waals surface area contributed by atoms with Crippen molar-refractivity contribution in [1.82, 2.24) is 0 Å². The summed E-state index contributed by atoms with van der Waals surface area (Å²) in [7, 11) is 0. The fourth-order valence-electron chi connectivity index (χ4n) is 2.62. The van der Waals surface area contributed by atoms with Gasteiger partial charge in [-0.2, -0.15) is 0 Å². The minimum absolute atomic E-state index is 0.103. The Balaban J connectivity index is 1.91. The third-order valence-corrected chi connectivity index (χ3v) is 3.50. The first-order chi connectivity index (χ1) is 10.1. The fourth-order valence-corrected chi connectivity index (χ4v) is 2.62. The highest BCUT2D eigenvalue weighted by Crippen LogP contribution is 2.30. The van der Waals surface area contributed by atoms with Gasteiger partial charge in [0.05, 0.1) is 6.26 Å². The van der Waals surface area contributed by atoms with E-state index < -0.39 is 0 Å². The Morgan fingerprint density at radius 2 is 2.14 bits per heavy atom. The molecule has 1 aromatic carbocycles. The van der Waals surface area contributed by atoms with E-state index in [4.69, 9.17) is 4.42 Å². The van der Waals surface area contributed by atoms with Gasteiger partial charge in [-0.3, -0.25) is 9.59 Å². The minimum Gasteiger partial charge on any atom is -0.459 e. The largest absolute Gasteiger partial charge is 0.459 e. The third-order valence-electron chi connectivity index (χ3n) is 3.50. The lowest BCUT2D eigenvalue weighted by Crippen LogP contribution is -2.35. The van der Waals surface area contributed by atoms with E-state index in [0.29, 0.717) is 12.3 Å². The Bertz CT molecular complexity index is 677. The molecule has 0 spiro atoms. The van der Waals surface area contributed by atoms with Gasteiger partial charge in [0.2, 0.25) is 5.91 Å². The van der Waals surface area contributed by atoms with Gasteiger partial charge < -0.3 is 14.6 Å². The molecule has 2 aromatic rings. The van der Waals surface area contributed by atoms with Crippen molar-refractivity contribution in [2.75, 3.05) is 16.8 Å². The van der Waals surface area contributed by atoms with Crippen molar-refractivity contribution in [1.29, 1.82) is 0 Å². The molecule has 0 saturated carbocycles. The SMILES string of the molecule is CC(=O)Nc1ccc2c(c1)CCCN2C(=O)c1ccco1. The maximum Gasteiger partial charge on any atom is 0.293 e. The number of nitrogens with zero attached hydrogens (tertiary/aromatic N) is 1. The van der Waals surface area contributed by atoms with Gasteiger partial charge in [-0.15, -0.1) is 0 Å². The number of amides is 2. The number of carbonyl (C=O) groups excluding carboxylic acids is 2. The van der Waals surface area contributed by atoms with Crippen molar-refractivity contribution in [3.05, 3.63) is 47.9 Å². The summed E-state index contributed by atoms with van der Waals surface area (Å²) in [5.74, 6) is 0.108. The molecule has 5 heteroatoms. The van der Waals surface area contributed by atoms with Gasteiger partial charge >= 0.3 is 0 Å².